The summed E-state index contributed by atoms with van der Waals surface area (Å²) < 4.78 is 10.9. The molecular weight excluding hydrogens is 238 g/mol. The predicted molar refractivity (Wildman–Crippen MR) is 76.4 cm³/mol. The highest BCUT2D eigenvalue weighted by molar-refractivity contribution is 5.33. The molecule has 3 heteroatoms. The van der Waals surface area contributed by atoms with E-state index in [9.17, 15) is 0 Å². The molecule has 0 radical (unpaired) electrons. The molecule has 1 fully saturated rings. The molecule has 1 aliphatic heterocycles. The molecule has 0 amide bonds. The van der Waals surface area contributed by atoms with Gasteiger partial charge < -0.3 is 9.47 Å². The highest BCUT2D eigenvalue weighted by atomic mass is 16.5. The standard InChI is InChI=1S/C16H21NO2/c1-14-11-15(2)13-16(12-14)19-8-4-3-5-17-6-9-18-10-7-17/h11-13H,5-10H2,1-2H3. The molecule has 0 atom stereocenters. The summed E-state index contributed by atoms with van der Waals surface area (Å²) in [5, 5.41) is 0. The van der Waals surface area contributed by atoms with E-state index in [1.54, 1.807) is 0 Å². The summed E-state index contributed by atoms with van der Waals surface area (Å²) in [6.45, 7) is 9.00. The van der Waals surface area contributed by atoms with E-state index in [2.05, 4.69) is 36.7 Å². The van der Waals surface area contributed by atoms with Gasteiger partial charge in [0.2, 0.25) is 0 Å². The van der Waals surface area contributed by atoms with Gasteiger partial charge in [-0.3, -0.25) is 4.90 Å². The Kier molecular flexibility index (Phi) is 5.26. The molecule has 0 unspecified atom stereocenters. The van der Waals surface area contributed by atoms with Crippen molar-refractivity contribution < 1.29 is 9.47 Å². The van der Waals surface area contributed by atoms with Crippen LogP contribution < -0.4 is 4.74 Å². The van der Waals surface area contributed by atoms with Gasteiger partial charge in [-0.1, -0.05) is 17.9 Å². The van der Waals surface area contributed by atoms with Crippen LogP contribution >= 0.6 is 0 Å². The second-order valence-electron chi connectivity index (χ2n) is 4.85. The van der Waals surface area contributed by atoms with E-state index in [4.69, 9.17) is 9.47 Å². The highest BCUT2D eigenvalue weighted by Crippen LogP contribution is 2.15. The quantitative estimate of drug-likeness (QED) is 0.775. The van der Waals surface area contributed by atoms with E-state index in [1.165, 1.54) is 11.1 Å². The van der Waals surface area contributed by atoms with Gasteiger partial charge in [-0.2, -0.15) is 0 Å². The summed E-state index contributed by atoms with van der Waals surface area (Å²) in [7, 11) is 0. The van der Waals surface area contributed by atoms with Gasteiger partial charge >= 0.3 is 0 Å². The SMILES string of the molecule is Cc1cc(C)cc(OCC#CCN2CCOCC2)c1. The Morgan fingerprint density at radius 2 is 1.79 bits per heavy atom. The number of hydrogen-bond acceptors (Lipinski definition) is 3. The zero-order chi connectivity index (χ0) is 13.5. The van der Waals surface area contributed by atoms with Crippen molar-refractivity contribution in [1.29, 1.82) is 0 Å². The molecule has 1 aliphatic rings. The minimum Gasteiger partial charge on any atom is -0.481 e. The van der Waals surface area contributed by atoms with Crippen molar-refractivity contribution in [3.63, 3.8) is 0 Å². The largest absolute Gasteiger partial charge is 0.481 e. The van der Waals surface area contributed by atoms with Crippen molar-refractivity contribution in [3.8, 4) is 17.6 Å². The Balaban J connectivity index is 1.73. The van der Waals surface area contributed by atoms with Crippen molar-refractivity contribution in [3.05, 3.63) is 29.3 Å². The topological polar surface area (TPSA) is 21.7 Å². The lowest BCUT2D eigenvalue weighted by molar-refractivity contribution is 0.0443. The third-order valence-electron chi connectivity index (χ3n) is 3.04. The molecule has 3 nitrogen and oxygen atoms in total. The van der Waals surface area contributed by atoms with Crippen molar-refractivity contribution in [2.75, 3.05) is 39.5 Å². The molecule has 1 saturated heterocycles. The molecule has 1 heterocycles. The Hall–Kier alpha value is -1.50. The van der Waals surface area contributed by atoms with E-state index in [-0.39, 0.29) is 0 Å². The third-order valence-corrected chi connectivity index (χ3v) is 3.04. The number of morpholine rings is 1. The molecule has 0 saturated carbocycles. The van der Waals surface area contributed by atoms with Gasteiger partial charge in [0.1, 0.15) is 12.4 Å². The fourth-order valence-electron chi connectivity index (χ4n) is 2.11. The van der Waals surface area contributed by atoms with Crippen LogP contribution in [0, 0.1) is 25.7 Å². The fourth-order valence-corrected chi connectivity index (χ4v) is 2.11. The van der Waals surface area contributed by atoms with Crippen LogP contribution in [0.15, 0.2) is 18.2 Å². The summed E-state index contributed by atoms with van der Waals surface area (Å²) in [6.07, 6.45) is 0. The normalized spacial score (nSPS) is 15.7. The maximum Gasteiger partial charge on any atom is 0.149 e. The summed E-state index contributed by atoms with van der Waals surface area (Å²) in [5.74, 6) is 7.12. The van der Waals surface area contributed by atoms with Gasteiger partial charge in [-0.05, 0) is 37.1 Å². The first-order valence-corrected chi connectivity index (χ1v) is 6.71. The van der Waals surface area contributed by atoms with E-state index in [0.29, 0.717) is 6.61 Å². The van der Waals surface area contributed by atoms with Gasteiger partial charge in [-0.25, -0.2) is 0 Å². The van der Waals surface area contributed by atoms with Crippen LogP contribution in [0.5, 0.6) is 5.75 Å². The summed E-state index contributed by atoms with van der Waals surface area (Å²) in [4.78, 5) is 2.30. The summed E-state index contributed by atoms with van der Waals surface area (Å²) in [6, 6.07) is 6.21. The number of benzene rings is 1. The zero-order valence-electron chi connectivity index (χ0n) is 11.7. The smallest absolute Gasteiger partial charge is 0.149 e. The lowest BCUT2D eigenvalue weighted by Crippen LogP contribution is -2.36. The Morgan fingerprint density at radius 1 is 1.11 bits per heavy atom. The monoisotopic (exact) mass is 259 g/mol. The van der Waals surface area contributed by atoms with Gasteiger partial charge in [0.05, 0.1) is 19.8 Å². The maximum absolute atomic E-state index is 5.64. The first-order chi connectivity index (χ1) is 9.24. The molecule has 0 aromatic heterocycles. The molecular formula is C16H21NO2. The minimum absolute atomic E-state index is 0.452. The van der Waals surface area contributed by atoms with Crippen molar-refractivity contribution >= 4 is 0 Å². The second kappa shape index (κ2) is 7.18. The van der Waals surface area contributed by atoms with Gasteiger partial charge in [0, 0.05) is 13.1 Å². The van der Waals surface area contributed by atoms with Crippen LogP contribution in [-0.2, 0) is 4.74 Å². The van der Waals surface area contributed by atoms with Crippen LogP contribution in [0.3, 0.4) is 0 Å². The molecule has 2 rings (SSSR count). The first-order valence-electron chi connectivity index (χ1n) is 6.71. The summed E-state index contributed by atoms with van der Waals surface area (Å²) >= 11 is 0. The average molecular weight is 259 g/mol. The lowest BCUT2D eigenvalue weighted by Gasteiger charge is -2.24. The molecule has 1 aromatic rings. The van der Waals surface area contributed by atoms with Crippen molar-refractivity contribution in [2.24, 2.45) is 0 Å². The molecule has 0 bridgehead atoms. The van der Waals surface area contributed by atoms with Gasteiger partial charge in [0.25, 0.3) is 0 Å². The van der Waals surface area contributed by atoms with Crippen LogP contribution in [0.4, 0.5) is 0 Å². The molecule has 0 aliphatic carbocycles. The Morgan fingerprint density at radius 3 is 2.47 bits per heavy atom. The number of aryl methyl sites for hydroxylation is 2. The zero-order valence-corrected chi connectivity index (χ0v) is 11.7. The van der Waals surface area contributed by atoms with E-state index in [0.717, 1.165) is 38.6 Å². The fraction of sp³-hybridized carbons (Fsp3) is 0.500. The van der Waals surface area contributed by atoms with Crippen LogP contribution in [-0.4, -0.2) is 44.4 Å². The van der Waals surface area contributed by atoms with Crippen LogP contribution in [0.25, 0.3) is 0 Å². The highest BCUT2D eigenvalue weighted by Gasteiger charge is 2.07. The number of rotatable bonds is 3. The molecule has 102 valence electrons. The van der Waals surface area contributed by atoms with E-state index >= 15 is 0 Å². The maximum atomic E-state index is 5.64. The number of ether oxygens (including phenoxy) is 2. The summed E-state index contributed by atoms with van der Waals surface area (Å²) in [5.41, 5.74) is 2.44. The first kappa shape index (κ1) is 13.9. The van der Waals surface area contributed by atoms with Crippen LogP contribution in [0.1, 0.15) is 11.1 Å². The third kappa shape index (κ3) is 4.94. The van der Waals surface area contributed by atoms with E-state index in [1.807, 2.05) is 12.1 Å². The molecule has 19 heavy (non-hydrogen) atoms. The Labute approximate surface area is 115 Å². The van der Waals surface area contributed by atoms with Gasteiger partial charge in [-0.15, -0.1) is 0 Å². The predicted octanol–water partition coefficient (Wildman–Crippen LogP) is 2.02. The number of nitrogens with zero attached hydrogens (tertiary/aromatic N) is 1. The average Bonchev–Trinajstić information content (AvgIpc) is 2.38. The van der Waals surface area contributed by atoms with Gasteiger partial charge in [0.15, 0.2) is 0 Å². The van der Waals surface area contributed by atoms with E-state index < -0.39 is 0 Å². The lowest BCUT2D eigenvalue weighted by atomic mass is 10.1. The molecule has 0 spiro atoms. The van der Waals surface area contributed by atoms with Crippen LogP contribution in [0.2, 0.25) is 0 Å². The molecule has 1 aromatic carbocycles. The van der Waals surface area contributed by atoms with Crippen molar-refractivity contribution in [2.45, 2.75) is 13.8 Å². The van der Waals surface area contributed by atoms with Crippen molar-refractivity contribution in [1.82, 2.24) is 4.90 Å². The minimum atomic E-state index is 0.452. The second-order valence-corrected chi connectivity index (χ2v) is 4.85. The number of hydrogen-bond donors (Lipinski definition) is 0. The Bertz CT molecular complexity index is 447. The molecule has 0 N–H and O–H groups in total.